The smallest absolute Gasteiger partial charge is 0.315 e. The molecule has 1 heterocycles. The maximum Gasteiger partial charge on any atom is 0.315 e. The van der Waals surface area contributed by atoms with E-state index in [1.807, 2.05) is 0 Å². The van der Waals surface area contributed by atoms with Crippen LogP contribution in [0.5, 0.6) is 0 Å². The minimum atomic E-state index is -1.29. The third kappa shape index (κ3) is 2.00. The summed E-state index contributed by atoms with van der Waals surface area (Å²) in [5.74, 6) is -3.30. The fourth-order valence-corrected chi connectivity index (χ4v) is 0.936. The van der Waals surface area contributed by atoms with Gasteiger partial charge in [0.05, 0.1) is 12.3 Å². The van der Waals surface area contributed by atoms with Crippen LogP contribution in [-0.2, 0) is 4.79 Å². The number of aliphatic carboxylic acids is 1. The van der Waals surface area contributed by atoms with Crippen molar-refractivity contribution < 1.29 is 19.4 Å². The highest BCUT2D eigenvalue weighted by molar-refractivity contribution is 5.75. The van der Waals surface area contributed by atoms with Gasteiger partial charge in [0, 0.05) is 6.20 Å². The summed E-state index contributed by atoms with van der Waals surface area (Å²) < 4.78 is 13.0. The normalized spacial score (nSPS) is 12.5. The summed E-state index contributed by atoms with van der Waals surface area (Å²) in [7, 11) is 0. The Bertz CT molecular complexity index is 316. The fraction of sp³-hybridized carbons (Fsp3) is 0.250. The molecule has 0 fully saturated rings. The van der Waals surface area contributed by atoms with Crippen molar-refractivity contribution in [2.45, 2.75) is 5.92 Å². The van der Waals surface area contributed by atoms with Gasteiger partial charge in [-0.3, -0.25) is 9.78 Å². The van der Waals surface area contributed by atoms with E-state index in [0.717, 1.165) is 6.07 Å². The van der Waals surface area contributed by atoms with Crippen molar-refractivity contribution in [3.05, 3.63) is 29.8 Å². The lowest BCUT2D eigenvalue weighted by Gasteiger charge is -2.08. The van der Waals surface area contributed by atoms with Crippen molar-refractivity contribution in [1.82, 2.24) is 4.98 Å². The van der Waals surface area contributed by atoms with Crippen molar-refractivity contribution in [2.24, 2.45) is 0 Å². The van der Waals surface area contributed by atoms with Crippen LogP contribution in [0.1, 0.15) is 11.6 Å². The van der Waals surface area contributed by atoms with Crippen LogP contribution in [0.15, 0.2) is 18.3 Å². The Morgan fingerprint density at radius 1 is 1.69 bits per heavy atom. The third-order valence-electron chi connectivity index (χ3n) is 1.60. The van der Waals surface area contributed by atoms with E-state index in [1.165, 1.54) is 12.3 Å². The SMILES string of the molecule is O=C(O)C(CO)c1ncccc1F. The molecule has 0 aliphatic heterocycles. The van der Waals surface area contributed by atoms with Gasteiger partial charge in [-0.15, -0.1) is 0 Å². The predicted octanol–water partition coefficient (Wildman–Crippen LogP) is 0.381. The Morgan fingerprint density at radius 2 is 2.38 bits per heavy atom. The maximum atomic E-state index is 13.0. The van der Waals surface area contributed by atoms with Gasteiger partial charge < -0.3 is 10.2 Å². The van der Waals surface area contributed by atoms with Gasteiger partial charge in [-0.2, -0.15) is 0 Å². The van der Waals surface area contributed by atoms with Gasteiger partial charge in [0.25, 0.3) is 0 Å². The second kappa shape index (κ2) is 3.95. The molecule has 1 unspecified atom stereocenters. The first kappa shape index (κ1) is 9.60. The second-order valence-corrected chi connectivity index (χ2v) is 2.44. The molecule has 1 aromatic rings. The molecule has 4 nitrogen and oxygen atoms in total. The molecule has 0 radical (unpaired) electrons. The number of carboxylic acid groups (broad SMARTS) is 1. The van der Waals surface area contributed by atoms with Crippen LogP contribution in [-0.4, -0.2) is 27.8 Å². The Labute approximate surface area is 73.7 Å². The number of rotatable bonds is 3. The zero-order valence-corrected chi connectivity index (χ0v) is 6.64. The van der Waals surface area contributed by atoms with Gasteiger partial charge in [-0.1, -0.05) is 0 Å². The van der Waals surface area contributed by atoms with Crippen LogP contribution in [0, 0.1) is 5.82 Å². The molecule has 13 heavy (non-hydrogen) atoms. The number of pyridine rings is 1. The zero-order valence-electron chi connectivity index (χ0n) is 6.64. The topological polar surface area (TPSA) is 70.4 Å². The molecule has 0 spiro atoms. The molecule has 0 amide bonds. The molecular formula is C8H8FNO3. The van der Waals surface area contributed by atoms with Crippen molar-refractivity contribution in [1.29, 1.82) is 0 Å². The number of carbonyl (C=O) groups is 1. The molecule has 1 rings (SSSR count). The third-order valence-corrected chi connectivity index (χ3v) is 1.60. The lowest BCUT2D eigenvalue weighted by Crippen LogP contribution is -2.18. The number of hydrogen-bond donors (Lipinski definition) is 2. The number of aliphatic hydroxyl groups excluding tert-OH is 1. The summed E-state index contributed by atoms with van der Waals surface area (Å²) in [5.41, 5.74) is -0.238. The Balaban J connectivity index is 3.04. The van der Waals surface area contributed by atoms with E-state index in [0.29, 0.717) is 0 Å². The van der Waals surface area contributed by atoms with Crippen LogP contribution in [0.3, 0.4) is 0 Å². The van der Waals surface area contributed by atoms with Gasteiger partial charge >= 0.3 is 5.97 Å². The van der Waals surface area contributed by atoms with Crippen LogP contribution >= 0.6 is 0 Å². The van der Waals surface area contributed by atoms with Crippen molar-refractivity contribution >= 4 is 5.97 Å². The molecule has 0 aliphatic rings. The van der Waals surface area contributed by atoms with Gasteiger partial charge in [-0.05, 0) is 12.1 Å². The number of carboxylic acids is 1. The number of nitrogens with zero attached hydrogens (tertiary/aromatic N) is 1. The maximum absolute atomic E-state index is 13.0. The molecular weight excluding hydrogens is 177 g/mol. The second-order valence-electron chi connectivity index (χ2n) is 2.44. The van der Waals surface area contributed by atoms with E-state index < -0.39 is 24.3 Å². The lowest BCUT2D eigenvalue weighted by atomic mass is 10.1. The fourth-order valence-electron chi connectivity index (χ4n) is 0.936. The molecule has 2 N–H and O–H groups in total. The molecule has 5 heteroatoms. The van der Waals surface area contributed by atoms with Crippen LogP contribution < -0.4 is 0 Å². The van der Waals surface area contributed by atoms with Crippen LogP contribution in [0.4, 0.5) is 4.39 Å². The Kier molecular flexibility index (Phi) is 2.92. The van der Waals surface area contributed by atoms with Gasteiger partial charge in [0.1, 0.15) is 11.7 Å². The molecule has 0 aromatic carbocycles. The summed E-state index contributed by atoms with van der Waals surface area (Å²) in [5, 5.41) is 17.3. The molecule has 0 saturated heterocycles. The summed E-state index contributed by atoms with van der Waals surface area (Å²) in [6.07, 6.45) is 1.28. The van der Waals surface area contributed by atoms with Crippen molar-refractivity contribution in [3.8, 4) is 0 Å². The zero-order chi connectivity index (χ0) is 9.84. The first-order valence-electron chi connectivity index (χ1n) is 3.61. The van der Waals surface area contributed by atoms with Crippen LogP contribution in [0.25, 0.3) is 0 Å². The molecule has 0 bridgehead atoms. The number of hydrogen-bond acceptors (Lipinski definition) is 3. The van der Waals surface area contributed by atoms with Crippen LogP contribution in [0.2, 0.25) is 0 Å². The van der Waals surface area contributed by atoms with Crippen molar-refractivity contribution in [3.63, 3.8) is 0 Å². The molecule has 0 aliphatic carbocycles. The van der Waals surface area contributed by atoms with E-state index in [2.05, 4.69) is 4.98 Å². The Morgan fingerprint density at radius 3 is 2.85 bits per heavy atom. The predicted molar refractivity (Wildman–Crippen MR) is 41.7 cm³/mol. The molecule has 70 valence electrons. The van der Waals surface area contributed by atoms with Gasteiger partial charge in [-0.25, -0.2) is 4.39 Å². The quantitative estimate of drug-likeness (QED) is 0.714. The largest absolute Gasteiger partial charge is 0.481 e. The van der Waals surface area contributed by atoms with E-state index in [1.54, 1.807) is 0 Å². The highest BCUT2D eigenvalue weighted by Gasteiger charge is 2.23. The van der Waals surface area contributed by atoms with Gasteiger partial charge in [0.2, 0.25) is 0 Å². The number of halogens is 1. The molecule has 1 aromatic heterocycles. The van der Waals surface area contributed by atoms with E-state index in [9.17, 15) is 9.18 Å². The number of aromatic nitrogens is 1. The first-order valence-corrected chi connectivity index (χ1v) is 3.61. The lowest BCUT2D eigenvalue weighted by molar-refractivity contribution is -0.139. The summed E-state index contributed by atoms with van der Waals surface area (Å²) in [4.78, 5) is 14.1. The van der Waals surface area contributed by atoms with Crippen molar-refractivity contribution in [2.75, 3.05) is 6.61 Å². The summed E-state index contributed by atoms with van der Waals surface area (Å²) >= 11 is 0. The highest BCUT2D eigenvalue weighted by Crippen LogP contribution is 2.15. The molecule has 0 saturated carbocycles. The standard InChI is InChI=1S/C8H8FNO3/c9-6-2-1-3-10-7(6)5(4-11)8(12)13/h1-3,5,11H,4H2,(H,12,13). The summed E-state index contributed by atoms with van der Waals surface area (Å²) in [6, 6.07) is 2.46. The average molecular weight is 185 g/mol. The minimum Gasteiger partial charge on any atom is -0.481 e. The van der Waals surface area contributed by atoms with E-state index >= 15 is 0 Å². The molecule has 1 atom stereocenters. The highest BCUT2D eigenvalue weighted by atomic mass is 19.1. The number of aliphatic hydroxyl groups is 1. The monoisotopic (exact) mass is 185 g/mol. The minimum absolute atomic E-state index is 0.238. The Hall–Kier alpha value is -1.49. The van der Waals surface area contributed by atoms with E-state index in [4.69, 9.17) is 10.2 Å². The van der Waals surface area contributed by atoms with Gasteiger partial charge in [0.15, 0.2) is 0 Å². The average Bonchev–Trinajstić information content (AvgIpc) is 2.09. The summed E-state index contributed by atoms with van der Waals surface area (Å²) in [6.45, 7) is -0.663. The van der Waals surface area contributed by atoms with E-state index in [-0.39, 0.29) is 5.69 Å². The first-order chi connectivity index (χ1) is 6.16.